The van der Waals surface area contributed by atoms with Crippen LogP contribution in [0, 0.1) is 5.41 Å². The molecule has 27 heavy (non-hydrogen) atoms. The van der Waals surface area contributed by atoms with Crippen molar-refractivity contribution in [3.8, 4) is 0 Å². The van der Waals surface area contributed by atoms with E-state index in [4.69, 9.17) is 0 Å². The lowest BCUT2D eigenvalue weighted by atomic mass is 9.72. The number of hydrogen-bond donors (Lipinski definition) is 0. The van der Waals surface area contributed by atoms with Gasteiger partial charge in [0.15, 0.2) is 5.78 Å². The molecule has 0 radical (unpaired) electrons. The molecule has 2 nitrogen and oxygen atoms in total. The Morgan fingerprint density at radius 2 is 1.85 bits per heavy atom. The number of Topliss-reactive ketones (excluding diaryl/α,β-unsaturated/α-hetero) is 1. The number of allylic oxidation sites excluding steroid dienone is 1. The molecule has 1 atom stereocenters. The van der Waals surface area contributed by atoms with Gasteiger partial charge >= 0.3 is 0 Å². The minimum Gasteiger partial charge on any atom is -0.370 e. The number of nitrogens with zero attached hydrogens (tertiary/aromatic N) is 1. The van der Waals surface area contributed by atoms with Crippen LogP contribution in [0.25, 0.3) is 0 Å². The van der Waals surface area contributed by atoms with Gasteiger partial charge in [-0.15, -0.1) is 23.5 Å². The maximum atomic E-state index is 13.3. The van der Waals surface area contributed by atoms with E-state index in [9.17, 15) is 4.79 Å². The Kier molecular flexibility index (Phi) is 5.17. The second kappa shape index (κ2) is 7.18. The molecule has 146 valence electrons. The smallest absolute Gasteiger partial charge is 0.163 e. The Bertz CT molecular complexity index is 776. The highest BCUT2D eigenvalue weighted by Gasteiger charge is 2.52. The van der Waals surface area contributed by atoms with Crippen LogP contribution in [-0.4, -0.2) is 33.3 Å². The number of thioether (sulfide) groups is 2. The maximum Gasteiger partial charge on any atom is 0.163 e. The lowest BCUT2D eigenvalue weighted by Gasteiger charge is -2.52. The summed E-state index contributed by atoms with van der Waals surface area (Å²) in [6.45, 7) is 6.75. The summed E-state index contributed by atoms with van der Waals surface area (Å²) in [4.78, 5) is 15.8. The van der Waals surface area contributed by atoms with Gasteiger partial charge < -0.3 is 4.90 Å². The zero-order valence-corrected chi connectivity index (χ0v) is 18.6. The van der Waals surface area contributed by atoms with E-state index in [0.717, 1.165) is 24.8 Å². The van der Waals surface area contributed by atoms with Crippen molar-refractivity contribution in [2.75, 3.05) is 18.6 Å². The molecule has 0 bridgehead atoms. The van der Waals surface area contributed by atoms with Gasteiger partial charge in [-0.1, -0.05) is 45.0 Å². The van der Waals surface area contributed by atoms with Crippen molar-refractivity contribution < 1.29 is 4.79 Å². The molecule has 1 aliphatic carbocycles. The van der Waals surface area contributed by atoms with E-state index in [1.807, 2.05) is 23.5 Å². The van der Waals surface area contributed by atoms with Crippen molar-refractivity contribution in [3.63, 3.8) is 0 Å². The molecule has 0 saturated carbocycles. The molecule has 1 spiro atoms. The molecule has 0 N–H and O–H groups in total. The number of fused-ring (bicyclic) bond motifs is 1. The van der Waals surface area contributed by atoms with Gasteiger partial charge in [-0.05, 0) is 47.3 Å². The first-order valence-electron chi connectivity index (χ1n) is 10.2. The molecule has 2 heterocycles. The summed E-state index contributed by atoms with van der Waals surface area (Å²) < 4.78 is -0.0425. The summed E-state index contributed by atoms with van der Waals surface area (Å²) in [6.07, 6.45) is 5.06. The maximum absolute atomic E-state index is 13.3. The quantitative estimate of drug-likeness (QED) is 0.620. The topological polar surface area (TPSA) is 20.3 Å². The highest BCUT2D eigenvalue weighted by atomic mass is 32.2. The number of aryl methyl sites for hydroxylation is 1. The SMILES string of the molecule is CCc1ccccc1C1CC2(SCCCS2)C2=C(CC(C)(C)CC2=O)N1C. The van der Waals surface area contributed by atoms with E-state index in [1.165, 1.54) is 34.8 Å². The molecule has 4 rings (SSSR count). The predicted molar refractivity (Wildman–Crippen MR) is 118 cm³/mol. The summed E-state index contributed by atoms with van der Waals surface area (Å²) >= 11 is 4.10. The summed E-state index contributed by atoms with van der Waals surface area (Å²) in [5.74, 6) is 2.75. The highest BCUT2D eigenvalue weighted by Crippen LogP contribution is 2.60. The van der Waals surface area contributed by atoms with Gasteiger partial charge in [0, 0.05) is 31.2 Å². The molecule has 1 aromatic rings. The number of benzene rings is 1. The highest BCUT2D eigenvalue weighted by molar-refractivity contribution is 8.19. The van der Waals surface area contributed by atoms with Crippen molar-refractivity contribution in [2.45, 2.75) is 63.0 Å². The van der Waals surface area contributed by atoms with E-state index in [0.29, 0.717) is 18.2 Å². The van der Waals surface area contributed by atoms with Crippen LogP contribution in [0.4, 0.5) is 0 Å². The van der Waals surface area contributed by atoms with Crippen LogP contribution in [0.1, 0.15) is 63.6 Å². The van der Waals surface area contributed by atoms with Gasteiger partial charge in [-0.25, -0.2) is 0 Å². The molecule has 1 unspecified atom stereocenters. The largest absolute Gasteiger partial charge is 0.370 e. The monoisotopic (exact) mass is 401 g/mol. The standard InChI is InChI=1S/C23H31NOS2/c1-5-16-9-6-7-10-17(16)18-14-23(26-11-8-12-27-23)21-19(24(18)4)13-22(2,3)15-20(21)25/h6-7,9-10,18H,5,8,11-15H2,1-4H3. The molecule has 1 fully saturated rings. The van der Waals surface area contributed by atoms with Gasteiger partial charge in [-0.3, -0.25) is 4.79 Å². The lowest BCUT2D eigenvalue weighted by Crippen LogP contribution is -2.48. The first-order valence-corrected chi connectivity index (χ1v) is 12.2. The van der Waals surface area contributed by atoms with Crippen molar-refractivity contribution in [1.82, 2.24) is 4.90 Å². The van der Waals surface area contributed by atoms with Crippen LogP contribution in [-0.2, 0) is 11.2 Å². The van der Waals surface area contributed by atoms with E-state index in [-0.39, 0.29) is 9.49 Å². The molecular weight excluding hydrogens is 370 g/mol. The third kappa shape index (κ3) is 3.37. The van der Waals surface area contributed by atoms with Crippen molar-refractivity contribution in [2.24, 2.45) is 5.41 Å². The second-order valence-corrected chi connectivity index (χ2v) is 12.0. The fourth-order valence-electron chi connectivity index (χ4n) is 5.04. The molecule has 1 saturated heterocycles. The summed E-state index contributed by atoms with van der Waals surface area (Å²) in [5, 5.41) is 0. The second-order valence-electron chi connectivity index (χ2n) is 8.95. The molecule has 1 aromatic carbocycles. The van der Waals surface area contributed by atoms with E-state index in [1.54, 1.807) is 0 Å². The van der Waals surface area contributed by atoms with Crippen molar-refractivity contribution >= 4 is 29.3 Å². The first kappa shape index (κ1) is 19.4. The molecule has 2 aliphatic heterocycles. The zero-order valence-electron chi connectivity index (χ0n) is 17.0. The van der Waals surface area contributed by atoms with Crippen molar-refractivity contribution in [1.29, 1.82) is 0 Å². The summed E-state index contributed by atoms with van der Waals surface area (Å²) in [5.41, 5.74) is 5.43. The predicted octanol–water partition coefficient (Wildman–Crippen LogP) is 5.84. The number of hydrogen-bond acceptors (Lipinski definition) is 4. The Balaban J connectivity index is 1.85. The number of carbonyl (C=O) groups excluding carboxylic acids is 1. The van der Waals surface area contributed by atoms with Crippen LogP contribution < -0.4 is 0 Å². The fraction of sp³-hybridized carbons (Fsp3) is 0.609. The number of rotatable bonds is 2. The van der Waals surface area contributed by atoms with Crippen LogP contribution in [0.3, 0.4) is 0 Å². The molecule has 3 aliphatic rings. The minimum atomic E-state index is -0.0425. The Hall–Kier alpha value is -0.870. The third-order valence-corrected chi connectivity index (χ3v) is 9.71. The van der Waals surface area contributed by atoms with Crippen LogP contribution >= 0.6 is 23.5 Å². The Morgan fingerprint density at radius 3 is 2.56 bits per heavy atom. The zero-order chi connectivity index (χ0) is 19.2. The van der Waals surface area contributed by atoms with Crippen LogP contribution in [0.5, 0.6) is 0 Å². The average molecular weight is 402 g/mol. The molecule has 0 amide bonds. The van der Waals surface area contributed by atoms with Crippen molar-refractivity contribution in [3.05, 3.63) is 46.7 Å². The van der Waals surface area contributed by atoms with Gasteiger partial charge in [0.2, 0.25) is 0 Å². The van der Waals surface area contributed by atoms with Crippen LogP contribution in [0.2, 0.25) is 0 Å². The van der Waals surface area contributed by atoms with Gasteiger partial charge in [0.25, 0.3) is 0 Å². The minimum absolute atomic E-state index is 0.0425. The normalized spacial score (nSPS) is 27.0. The fourth-order valence-corrected chi connectivity index (χ4v) is 8.60. The first-order chi connectivity index (χ1) is 12.9. The number of ketones is 1. The van der Waals surface area contributed by atoms with E-state index in [2.05, 4.69) is 57.0 Å². The Labute approximate surface area is 172 Å². The third-order valence-electron chi connectivity index (χ3n) is 6.34. The van der Waals surface area contributed by atoms with Crippen LogP contribution in [0.15, 0.2) is 35.5 Å². The molecular formula is C23H31NOS2. The summed E-state index contributed by atoms with van der Waals surface area (Å²) in [6, 6.07) is 9.28. The van der Waals surface area contributed by atoms with Gasteiger partial charge in [0.1, 0.15) is 0 Å². The van der Waals surface area contributed by atoms with Gasteiger partial charge in [-0.2, -0.15) is 0 Å². The molecule has 0 aromatic heterocycles. The Morgan fingerprint density at radius 1 is 1.15 bits per heavy atom. The lowest BCUT2D eigenvalue weighted by molar-refractivity contribution is -0.118. The van der Waals surface area contributed by atoms with E-state index >= 15 is 0 Å². The van der Waals surface area contributed by atoms with E-state index < -0.39 is 0 Å². The van der Waals surface area contributed by atoms with Gasteiger partial charge in [0.05, 0.1) is 10.1 Å². The molecule has 4 heteroatoms. The average Bonchev–Trinajstić information content (AvgIpc) is 2.64. The summed E-state index contributed by atoms with van der Waals surface area (Å²) in [7, 11) is 2.23. The number of carbonyl (C=O) groups is 1.